The molecule has 0 saturated heterocycles. The quantitative estimate of drug-likeness (QED) is 0.894. The Balaban J connectivity index is 1.84. The van der Waals surface area contributed by atoms with Gasteiger partial charge in [0.2, 0.25) is 9.84 Å². The average molecular weight is 378 g/mol. The molecule has 0 saturated carbocycles. The van der Waals surface area contributed by atoms with Gasteiger partial charge in [-0.25, -0.2) is 8.42 Å². The summed E-state index contributed by atoms with van der Waals surface area (Å²) in [5.74, 6) is -0.399. The van der Waals surface area contributed by atoms with Gasteiger partial charge in [0.05, 0.1) is 10.5 Å². The molecule has 0 bridgehead atoms. The smallest absolute Gasteiger partial charge is 0.252 e. The first-order valence-electron chi connectivity index (χ1n) is 6.57. The van der Waals surface area contributed by atoms with E-state index in [0.29, 0.717) is 12.1 Å². The third kappa shape index (κ3) is 2.71. The maximum absolute atomic E-state index is 12.3. The number of rotatable bonds is 3. The van der Waals surface area contributed by atoms with Gasteiger partial charge in [0.25, 0.3) is 5.91 Å². The molecule has 0 atom stereocenters. The van der Waals surface area contributed by atoms with Gasteiger partial charge in [-0.1, -0.05) is 52.3 Å². The molecule has 112 valence electrons. The van der Waals surface area contributed by atoms with E-state index < -0.39 is 15.7 Å². The van der Waals surface area contributed by atoms with Gasteiger partial charge < -0.3 is 5.32 Å². The third-order valence-electron chi connectivity index (χ3n) is 3.40. The van der Waals surface area contributed by atoms with E-state index in [0.717, 1.165) is 15.4 Å². The van der Waals surface area contributed by atoms with E-state index in [2.05, 4.69) is 21.2 Å². The molecule has 2 aromatic rings. The van der Waals surface area contributed by atoms with E-state index in [-0.39, 0.29) is 10.5 Å². The monoisotopic (exact) mass is 377 g/mol. The van der Waals surface area contributed by atoms with Crippen LogP contribution in [0.25, 0.3) is 5.57 Å². The molecule has 2 aromatic carbocycles. The Labute approximate surface area is 136 Å². The number of amides is 1. The largest absolute Gasteiger partial charge is 0.348 e. The lowest BCUT2D eigenvalue weighted by Crippen LogP contribution is -2.23. The van der Waals surface area contributed by atoms with Crippen molar-refractivity contribution in [2.75, 3.05) is 0 Å². The molecule has 1 heterocycles. The van der Waals surface area contributed by atoms with Crippen molar-refractivity contribution in [1.29, 1.82) is 0 Å². The second kappa shape index (κ2) is 5.70. The number of benzene rings is 2. The van der Waals surface area contributed by atoms with E-state index in [4.69, 9.17) is 0 Å². The lowest BCUT2D eigenvalue weighted by atomic mass is 10.1. The van der Waals surface area contributed by atoms with Crippen LogP contribution in [0.15, 0.2) is 63.3 Å². The first-order chi connectivity index (χ1) is 10.5. The Bertz CT molecular complexity index is 888. The fourth-order valence-corrected chi connectivity index (χ4v) is 4.16. The number of nitrogens with one attached hydrogen (secondary N) is 1. The molecular weight excluding hydrogens is 366 g/mol. The van der Waals surface area contributed by atoms with Crippen molar-refractivity contribution < 1.29 is 13.2 Å². The minimum Gasteiger partial charge on any atom is -0.348 e. The molecule has 4 nitrogen and oxygen atoms in total. The van der Waals surface area contributed by atoms with E-state index in [1.54, 1.807) is 18.2 Å². The zero-order valence-corrected chi connectivity index (χ0v) is 13.8. The van der Waals surface area contributed by atoms with Gasteiger partial charge in [0.15, 0.2) is 0 Å². The van der Waals surface area contributed by atoms with Crippen LogP contribution in [0.4, 0.5) is 0 Å². The van der Waals surface area contributed by atoms with Crippen molar-refractivity contribution in [3.8, 4) is 0 Å². The second-order valence-electron chi connectivity index (χ2n) is 4.85. The average Bonchev–Trinajstić information content (AvgIpc) is 2.79. The summed E-state index contributed by atoms with van der Waals surface area (Å²) in [5.41, 5.74) is 1.56. The molecule has 0 spiro atoms. The molecule has 0 aliphatic carbocycles. The highest BCUT2D eigenvalue weighted by molar-refractivity contribution is 9.10. The van der Waals surface area contributed by atoms with Gasteiger partial charge in [-0.2, -0.15) is 0 Å². The summed E-state index contributed by atoms with van der Waals surface area (Å²) < 4.78 is 25.0. The molecule has 0 radical (unpaired) electrons. The topological polar surface area (TPSA) is 63.2 Å². The summed E-state index contributed by atoms with van der Waals surface area (Å²) in [4.78, 5) is 12.5. The van der Waals surface area contributed by atoms with Crippen LogP contribution in [0.5, 0.6) is 0 Å². The van der Waals surface area contributed by atoms with Crippen molar-refractivity contribution in [3.05, 3.63) is 69.5 Å². The number of carbonyl (C=O) groups is 1. The number of sulfone groups is 1. The second-order valence-corrected chi connectivity index (χ2v) is 7.47. The van der Waals surface area contributed by atoms with Gasteiger partial charge in [0, 0.05) is 22.0 Å². The Kier molecular flexibility index (Phi) is 3.88. The van der Waals surface area contributed by atoms with Gasteiger partial charge in [0.1, 0.15) is 0 Å². The maximum atomic E-state index is 12.3. The summed E-state index contributed by atoms with van der Waals surface area (Å²) in [6, 6.07) is 14.0. The first kappa shape index (κ1) is 15.0. The predicted molar refractivity (Wildman–Crippen MR) is 87.6 cm³/mol. The number of hydrogen-bond acceptors (Lipinski definition) is 3. The minimum absolute atomic E-state index is 0.182. The zero-order chi connectivity index (χ0) is 15.7. The first-order valence-corrected chi connectivity index (χ1v) is 8.91. The Hall–Kier alpha value is -1.92. The predicted octanol–water partition coefficient (Wildman–Crippen LogP) is 2.89. The van der Waals surface area contributed by atoms with E-state index in [1.165, 1.54) is 6.07 Å². The van der Waals surface area contributed by atoms with Crippen LogP contribution in [0.2, 0.25) is 0 Å². The summed E-state index contributed by atoms with van der Waals surface area (Å²) in [5, 5.41) is 3.79. The number of fused-ring (bicyclic) bond motifs is 1. The Morgan fingerprint density at radius 3 is 2.50 bits per heavy atom. The van der Waals surface area contributed by atoms with Crippen LogP contribution in [0.1, 0.15) is 11.1 Å². The highest BCUT2D eigenvalue weighted by Gasteiger charge is 2.29. The van der Waals surface area contributed by atoms with Crippen LogP contribution in [0.3, 0.4) is 0 Å². The third-order valence-corrected chi connectivity index (χ3v) is 5.69. The van der Waals surface area contributed by atoms with Crippen molar-refractivity contribution in [2.45, 2.75) is 11.4 Å². The molecule has 1 N–H and O–H groups in total. The van der Waals surface area contributed by atoms with Crippen LogP contribution in [-0.2, 0) is 21.2 Å². The van der Waals surface area contributed by atoms with E-state index >= 15 is 0 Å². The molecule has 1 amide bonds. The molecule has 0 aromatic heterocycles. The van der Waals surface area contributed by atoms with Crippen molar-refractivity contribution >= 4 is 37.2 Å². The maximum Gasteiger partial charge on any atom is 0.252 e. The summed E-state index contributed by atoms with van der Waals surface area (Å²) in [6.07, 6.45) is 0. The fraction of sp³-hybridized carbons (Fsp3) is 0.0625. The van der Waals surface area contributed by atoms with E-state index in [9.17, 15) is 13.2 Å². The van der Waals surface area contributed by atoms with Gasteiger partial charge in [-0.05, 0) is 17.7 Å². The van der Waals surface area contributed by atoms with Gasteiger partial charge >= 0.3 is 0 Å². The zero-order valence-electron chi connectivity index (χ0n) is 11.4. The molecule has 0 unspecified atom stereocenters. The summed E-state index contributed by atoms with van der Waals surface area (Å²) in [6.45, 7) is 0.319. The molecule has 6 heteroatoms. The van der Waals surface area contributed by atoms with Gasteiger partial charge in [-0.3, -0.25) is 4.79 Å². The van der Waals surface area contributed by atoms with Crippen molar-refractivity contribution in [2.24, 2.45) is 0 Å². The van der Waals surface area contributed by atoms with E-state index in [1.807, 2.05) is 24.3 Å². The molecular formula is C16H12BrNO3S. The number of carbonyl (C=O) groups excluding carboxylic acids is 1. The lowest BCUT2D eigenvalue weighted by Gasteiger charge is -2.08. The fourth-order valence-electron chi connectivity index (χ4n) is 2.31. The van der Waals surface area contributed by atoms with Crippen molar-refractivity contribution in [3.63, 3.8) is 0 Å². The van der Waals surface area contributed by atoms with Crippen LogP contribution >= 0.6 is 15.9 Å². The Morgan fingerprint density at radius 2 is 1.73 bits per heavy atom. The SMILES string of the molecule is O=C(NCc1ccccc1Br)C1=CS(=O)(=O)c2ccccc21. The number of hydrogen-bond donors (Lipinski definition) is 1. The lowest BCUT2D eigenvalue weighted by molar-refractivity contribution is -0.115. The molecule has 22 heavy (non-hydrogen) atoms. The highest BCUT2D eigenvalue weighted by atomic mass is 79.9. The highest BCUT2D eigenvalue weighted by Crippen LogP contribution is 2.33. The minimum atomic E-state index is -3.52. The molecule has 0 fully saturated rings. The molecule has 1 aliphatic heterocycles. The van der Waals surface area contributed by atoms with Crippen LogP contribution in [0, 0.1) is 0 Å². The van der Waals surface area contributed by atoms with Crippen LogP contribution < -0.4 is 5.32 Å². The molecule has 1 aliphatic rings. The standard InChI is InChI=1S/C16H12BrNO3S/c17-14-7-3-1-5-11(14)9-18-16(19)13-10-22(20,21)15-8-4-2-6-12(13)15/h1-8,10H,9H2,(H,18,19). The number of halogens is 1. The Morgan fingerprint density at radius 1 is 1.05 bits per heavy atom. The summed E-state index contributed by atoms with van der Waals surface area (Å²) in [7, 11) is -3.52. The normalized spacial score (nSPS) is 15.0. The van der Waals surface area contributed by atoms with Crippen molar-refractivity contribution in [1.82, 2.24) is 5.32 Å². The van der Waals surface area contributed by atoms with Gasteiger partial charge in [-0.15, -0.1) is 0 Å². The summed E-state index contributed by atoms with van der Waals surface area (Å²) >= 11 is 3.41. The van der Waals surface area contributed by atoms with Crippen LogP contribution in [-0.4, -0.2) is 14.3 Å². The molecule has 3 rings (SSSR count).